The normalized spacial score (nSPS) is 14.4. The number of benzene rings is 2. The van der Waals surface area contributed by atoms with Gasteiger partial charge in [0.1, 0.15) is 0 Å². The average Bonchev–Trinajstić information content (AvgIpc) is 2.68. The molecule has 0 saturated carbocycles. The van der Waals surface area contributed by atoms with Crippen LogP contribution in [0.15, 0.2) is 54.6 Å². The summed E-state index contributed by atoms with van der Waals surface area (Å²) in [5.41, 5.74) is 2.68. The third-order valence-corrected chi connectivity index (χ3v) is 4.39. The van der Waals surface area contributed by atoms with Crippen molar-refractivity contribution < 1.29 is 9.72 Å². The summed E-state index contributed by atoms with van der Waals surface area (Å²) >= 11 is 0. The van der Waals surface area contributed by atoms with Crippen LogP contribution in [0.1, 0.15) is 24.8 Å². The zero-order valence-electron chi connectivity index (χ0n) is 14.4. The van der Waals surface area contributed by atoms with Gasteiger partial charge in [0.05, 0.1) is 4.92 Å². The summed E-state index contributed by atoms with van der Waals surface area (Å²) in [6.07, 6.45) is 6.80. The molecule has 1 fully saturated rings. The van der Waals surface area contributed by atoms with Gasteiger partial charge < -0.3 is 10.2 Å². The van der Waals surface area contributed by atoms with Gasteiger partial charge in [-0.15, -0.1) is 0 Å². The van der Waals surface area contributed by atoms with Gasteiger partial charge in [0, 0.05) is 42.7 Å². The number of nitrogens with one attached hydrogen (secondary N) is 1. The molecule has 1 N–H and O–H groups in total. The molecule has 0 atom stereocenters. The maximum Gasteiger partial charge on any atom is 0.269 e. The molecule has 0 spiro atoms. The third-order valence-electron chi connectivity index (χ3n) is 4.39. The molecule has 0 bridgehead atoms. The molecule has 6 heteroatoms. The van der Waals surface area contributed by atoms with Crippen LogP contribution in [-0.4, -0.2) is 23.9 Å². The van der Waals surface area contributed by atoms with Crippen LogP contribution in [0.5, 0.6) is 0 Å². The van der Waals surface area contributed by atoms with Crippen molar-refractivity contribution in [2.75, 3.05) is 23.3 Å². The van der Waals surface area contributed by atoms with Gasteiger partial charge in [-0.2, -0.15) is 0 Å². The van der Waals surface area contributed by atoms with Crippen molar-refractivity contribution in [2.24, 2.45) is 0 Å². The first-order valence-corrected chi connectivity index (χ1v) is 8.70. The molecule has 134 valence electrons. The number of anilines is 2. The molecule has 1 heterocycles. The first-order valence-electron chi connectivity index (χ1n) is 8.70. The van der Waals surface area contributed by atoms with Gasteiger partial charge in [0.25, 0.3) is 5.69 Å². The fourth-order valence-corrected chi connectivity index (χ4v) is 2.97. The van der Waals surface area contributed by atoms with E-state index in [1.165, 1.54) is 43.2 Å². The van der Waals surface area contributed by atoms with E-state index in [1.807, 2.05) is 24.3 Å². The zero-order chi connectivity index (χ0) is 18.4. The predicted octanol–water partition coefficient (Wildman–Crippen LogP) is 4.24. The second-order valence-corrected chi connectivity index (χ2v) is 6.27. The van der Waals surface area contributed by atoms with Gasteiger partial charge in [-0.05, 0) is 67.3 Å². The number of nitro benzene ring substituents is 1. The summed E-state index contributed by atoms with van der Waals surface area (Å²) in [4.78, 5) is 24.6. The molecule has 0 aliphatic carbocycles. The third kappa shape index (κ3) is 4.69. The quantitative estimate of drug-likeness (QED) is 0.497. The highest BCUT2D eigenvalue weighted by molar-refractivity contribution is 6.02. The molecular formula is C20H21N3O3. The van der Waals surface area contributed by atoms with Crippen LogP contribution in [0.4, 0.5) is 17.1 Å². The lowest BCUT2D eigenvalue weighted by molar-refractivity contribution is -0.384. The highest BCUT2D eigenvalue weighted by atomic mass is 16.6. The molecule has 0 radical (unpaired) electrons. The Kier molecular flexibility index (Phi) is 5.63. The van der Waals surface area contributed by atoms with Crippen LogP contribution >= 0.6 is 0 Å². The van der Waals surface area contributed by atoms with E-state index in [0.717, 1.165) is 24.3 Å². The van der Waals surface area contributed by atoms with E-state index < -0.39 is 4.92 Å². The Labute approximate surface area is 152 Å². The Morgan fingerprint density at radius 2 is 1.65 bits per heavy atom. The number of carbonyl (C=O) groups excluding carboxylic acids is 1. The first-order chi connectivity index (χ1) is 12.6. The van der Waals surface area contributed by atoms with Crippen LogP contribution in [0.3, 0.4) is 0 Å². The van der Waals surface area contributed by atoms with E-state index in [0.29, 0.717) is 0 Å². The molecule has 1 saturated heterocycles. The summed E-state index contributed by atoms with van der Waals surface area (Å²) in [6.45, 7) is 2.17. The molecular weight excluding hydrogens is 330 g/mol. The standard InChI is InChI=1S/C20H21N3O3/c24-20(13-6-16-4-9-19(10-5-16)23(25)26)21-17-7-11-18(12-8-17)22-14-2-1-3-15-22/h4-13H,1-3,14-15H2,(H,21,24)/b13-6+. The van der Waals surface area contributed by atoms with Crippen molar-refractivity contribution in [2.45, 2.75) is 19.3 Å². The molecule has 26 heavy (non-hydrogen) atoms. The molecule has 2 aromatic carbocycles. The van der Waals surface area contributed by atoms with Gasteiger partial charge in [-0.3, -0.25) is 14.9 Å². The number of hydrogen-bond acceptors (Lipinski definition) is 4. The Morgan fingerprint density at radius 1 is 1.00 bits per heavy atom. The predicted molar refractivity (Wildman–Crippen MR) is 103 cm³/mol. The number of nitrogens with zero attached hydrogens (tertiary/aromatic N) is 2. The second kappa shape index (κ2) is 8.29. The summed E-state index contributed by atoms with van der Waals surface area (Å²) in [7, 11) is 0. The monoisotopic (exact) mass is 351 g/mol. The first kappa shape index (κ1) is 17.7. The van der Waals surface area contributed by atoms with E-state index in [9.17, 15) is 14.9 Å². The van der Waals surface area contributed by atoms with Crippen LogP contribution in [0.2, 0.25) is 0 Å². The zero-order valence-corrected chi connectivity index (χ0v) is 14.4. The van der Waals surface area contributed by atoms with Crippen LogP contribution < -0.4 is 10.2 Å². The molecule has 1 aliphatic heterocycles. The SMILES string of the molecule is O=C(/C=C/c1ccc([N+](=O)[O-])cc1)Nc1ccc(N2CCCCC2)cc1. The smallest absolute Gasteiger partial charge is 0.269 e. The van der Waals surface area contributed by atoms with Crippen molar-refractivity contribution in [3.05, 3.63) is 70.3 Å². The van der Waals surface area contributed by atoms with E-state index in [1.54, 1.807) is 18.2 Å². The second-order valence-electron chi connectivity index (χ2n) is 6.27. The number of piperidine rings is 1. The molecule has 1 amide bonds. The fourth-order valence-electron chi connectivity index (χ4n) is 2.97. The van der Waals surface area contributed by atoms with Crippen molar-refractivity contribution in [3.63, 3.8) is 0 Å². The Balaban J connectivity index is 1.56. The molecule has 0 unspecified atom stereocenters. The maximum atomic E-state index is 12.0. The highest BCUT2D eigenvalue weighted by Gasteiger charge is 2.10. The minimum atomic E-state index is -0.451. The van der Waals surface area contributed by atoms with E-state index in [4.69, 9.17) is 0 Å². The lowest BCUT2D eigenvalue weighted by atomic mass is 10.1. The summed E-state index contributed by atoms with van der Waals surface area (Å²) in [6, 6.07) is 13.9. The van der Waals surface area contributed by atoms with Crippen molar-refractivity contribution in [1.29, 1.82) is 0 Å². The van der Waals surface area contributed by atoms with Gasteiger partial charge in [-0.1, -0.05) is 0 Å². The van der Waals surface area contributed by atoms with Gasteiger partial charge in [0.2, 0.25) is 5.91 Å². The lowest BCUT2D eigenvalue weighted by Crippen LogP contribution is -2.29. The number of non-ortho nitro benzene ring substituents is 1. The van der Waals surface area contributed by atoms with Crippen LogP contribution in [-0.2, 0) is 4.79 Å². The van der Waals surface area contributed by atoms with Crippen molar-refractivity contribution in [3.8, 4) is 0 Å². The van der Waals surface area contributed by atoms with Crippen molar-refractivity contribution >= 4 is 29.0 Å². The van der Waals surface area contributed by atoms with Crippen molar-refractivity contribution in [1.82, 2.24) is 0 Å². The lowest BCUT2D eigenvalue weighted by Gasteiger charge is -2.28. The van der Waals surface area contributed by atoms with Gasteiger partial charge in [-0.25, -0.2) is 0 Å². The number of hydrogen-bond donors (Lipinski definition) is 1. The van der Waals surface area contributed by atoms with Gasteiger partial charge >= 0.3 is 0 Å². The fraction of sp³-hybridized carbons (Fsp3) is 0.250. The van der Waals surface area contributed by atoms with Crippen LogP contribution in [0.25, 0.3) is 6.08 Å². The van der Waals surface area contributed by atoms with E-state index in [-0.39, 0.29) is 11.6 Å². The number of rotatable bonds is 5. The summed E-state index contributed by atoms with van der Waals surface area (Å²) in [5.74, 6) is -0.242. The van der Waals surface area contributed by atoms with Gasteiger partial charge in [0.15, 0.2) is 0 Å². The number of amides is 1. The minimum Gasteiger partial charge on any atom is -0.372 e. The summed E-state index contributed by atoms with van der Waals surface area (Å²) in [5, 5.41) is 13.4. The molecule has 0 aromatic heterocycles. The van der Waals surface area contributed by atoms with E-state index >= 15 is 0 Å². The highest BCUT2D eigenvalue weighted by Crippen LogP contribution is 2.21. The molecule has 1 aliphatic rings. The maximum absolute atomic E-state index is 12.0. The molecule has 3 rings (SSSR count). The molecule has 6 nitrogen and oxygen atoms in total. The molecule has 2 aromatic rings. The summed E-state index contributed by atoms with van der Waals surface area (Å²) < 4.78 is 0. The van der Waals surface area contributed by atoms with E-state index in [2.05, 4.69) is 10.2 Å². The largest absolute Gasteiger partial charge is 0.372 e. The Morgan fingerprint density at radius 3 is 2.27 bits per heavy atom. The van der Waals surface area contributed by atoms with Crippen LogP contribution in [0, 0.1) is 10.1 Å². The Bertz CT molecular complexity index is 792. The minimum absolute atomic E-state index is 0.0281. The topological polar surface area (TPSA) is 75.5 Å². The number of carbonyl (C=O) groups is 1. The number of nitro groups is 1. The average molecular weight is 351 g/mol. The Hall–Kier alpha value is -3.15.